The summed E-state index contributed by atoms with van der Waals surface area (Å²) in [6, 6.07) is 20.1. The lowest BCUT2D eigenvalue weighted by atomic mass is 10.0. The predicted molar refractivity (Wildman–Crippen MR) is 167 cm³/mol. The largest absolute Gasteiger partial charge is 0.352 e. The van der Waals surface area contributed by atoms with Gasteiger partial charge in [0.15, 0.2) is 0 Å². The number of anilines is 1. The molecule has 0 aromatic heterocycles. The Bertz CT molecular complexity index is 1440. The van der Waals surface area contributed by atoms with Gasteiger partial charge in [-0.3, -0.25) is 13.9 Å². The SMILES string of the molecule is CC(C)NC(=O)[C@@H](Cc1ccccc1)N(Cc1ccc(Cl)c(Cl)c1)C(=O)CCCN(c1ccc(Cl)cc1)S(C)(=O)=O. The van der Waals surface area contributed by atoms with Crippen molar-refractivity contribution in [1.29, 1.82) is 0 Å². The normalized spacial score (nSPS) is 12.2. The molecule has 1 N–H and O–H groups in total. The number of nitrogens with one attached hydrogen (secondary N) is 1. The second-order valence-corrected chi connectivity index (χ2v) is 13.2. The molecule has 0 saturated carbocycles. The van der Waals surface area contributed by atoms with E-state index in [-0.39, 0.29) is 43.8 Å². The number of hydrogen-bond acceptors (Lipinski definition) is 4. The van der Waals surface area contributed by atoms with Crippen molar-refractivity contribution >= 4 is 62.3 Å². The van der Waals surface area contributed by atoms with E-state index in [1.54, 1.807) is 42.5 Å². The Morgan fingerprint density at radius 2 is 1.54 bits per heavy atom. The second kappa shape index (κ2) is 14.9. The van der Waals surface area contributed by atoms with Gasteiger partial charge in [0.25, 0.3) is 0 Å². The molecule has 0 aliphatic rings. The molecule has 0 aliphatic heterocycles. The predicted octanol–water partition coefficient (Wildman–Crippen LogP) is 6.36. The standard InChI is InChI=1S/C30H34Cl3N3O4S/c1-21(2)34-30(38)28(19-22-8-5-4-6-9-22)35(20-23-11-16-26(32)27(33)18-23)29(37)10-7-17-36(41(3,39)40)25-14-12-24(31)13-15-25/h4-6,8-9,11-16,18,21,28H,7,10,17,19-20H2,1-3H3,(H,34,38)/t28-/m1/s1. The minimum Gasteiger partial charge on any atom is -0.352 e. The summed E-state index contributed by atoms with van der Waals surface area (Å²) in [6.45, 7) is 3.92. The minimum atomic E-state index is -3.62. The maximum Gasteiger partial charge on any atom is 0.243 e. The second-order valence-electron chi connectivity index (χ2n) is 10.1. The molecule has 2 amide bonds. The van der Waals surface area contributed by atoms with Crippen LogP contribution in [0.5, 0.6) is 0 Å². The maximum absolute atomic E-state index is 13.8. The van der Waals surface area contributed by atoms with Gasteiger partial charge in [-0.15, -0.1) is 0 Å². The molecule has 0 saturated heterocycles. The first-order valence-electron chi connectivity index (χ1n) is 13.2. The molecule has 3 aromatic carbocycles. The highest BCUT2D eigenvalue weighted by molar-refractivity contribution is 7.92. The molecule has 1 atom stereocenters. The number of sulfonamides is 1. The van der Waals surface area contributed by atoms with E-state index in [0.29, 0.717) is 32.7 Å². The Hall–Kier alpha value is -2.78. The van der Waals surface area contributed by atoms with Crippen molar-refractivity contribution in [3.05, 3.63) is 99.0 Å². The van der Waals surface area contributed by atoms with Gasteiger partial charge in [-0.1, -0.05) is 71.2 Å². The van der Waals surface area contributed by atoms with Gasteiger partial charge >= 0.3 is 0 Å². The van der Waals surface area contributed by atoms with Gasteiger partial charge in [-0.25, -0.2) is 8.42 Å². The summed E-state index contributed by atoms with van der Waals surface area (Å²) in [7, 11) is -3.62. The first-order valence-corrected chi connectivity index (χ1v) is 16.1. The highest BCUT2D eigenvalue weighted by Gasteiger charge is 2.31. The molecule has 0 aliphatic carbocycles. The fourth-order valence-electron chi connectivity index (χ4n) is 4.38. The molecular weight excluding hydrogens is 605 g/mol. The molecule has 0 unspecified atom stereocenters. The van der Waals surface area contributed by atoms with Crippen LogP contribution in [0.3, 0.4) is 0 Å². The van der Waals surface area contributed by atoms with Crippen LogP contribution >= 0.6 is 34.8 Å². The quantitative estimate of drug-likeness (QED) is 0.236. The third-order valence-corrected chi connectivity index (χ3v) is 8.49. The Balaban J connectivity index is 1.90. The zero-order valence-electron chi connectivity index (χ0n) is 23.2. The maximum atomic E-state index is 13.8. The van der Waals surface area contributed by atoms with Gasteiger partial charge < -0.3 is 10.2 Å². The monoisotopic (exact) mass is 637 g/mol. The van der Waals surface area contributed by atoms with Crippen LogP contribution in [-0.4, -0.2) is 50.0 Å². The summed E-state index contributed by atoms with van der Waals surface area (Å²) in [5, 5.41) is 4.16. The molecule has 41 heavy (non-hydrogen) atoms. The van der Waals surface area contributed by atoms with Crippen LogP contribution in [0.1, 0.15) is 37.8 Å². The smallest absolute Gasteiger partial charge is 0.243 e. The molecule has 3 rings (SSSR count). The van der Waals surface area contributed by atoms with E-state index < -0.39 is 16.1 Å². The average molecular weight is 639 g/mol. The lowest BCUT2D eigenvalue weighted by Crippen LogP contribution is -2.51. The summed E-state index contributed by atoms with van der Waals surface area (Å²) in [5.41, 5.74) is 2.06. The van der Waals surface area contributed by atoms with Gasteiger partial charge in [-0.2, -0.15) is 0 Å². The lowest BCUT2D eigenvalue weighted by molar-refractivity contribution is -0.141. The average Bonchev–Trinajstić information content (AvgIpc) is 2.90. The zero-order chi connectivity index (χ0) is 30.2. The first kappa shape index (κ1) is 32.7. The van der Waals surface area contributed by atoms with E-state index >= 15 is 0 Å². The molecular formula is C30H34Cl3N3O4S. The third-order valence-electron chi connectivity index (χ3n) is 6.31. The van der Waals surface area contributed by atoms with E-state index in [1.165, 1.54) is 9.21 Å². The van der Waals surface area contributed by atoms with Crippen LogP contribution in [0, 0.1) is 0 Å². The van der Waals surface area contributed by atoms with Crippen molar-refractivity contribution < 1.29 is 18.0 Å². The number of carbonyl (C=O) groups excluding carboxylic acids is 2. The van der Waals surface area contributed by atoms with Crippen LogP contribution in [-0.2, 0) is 32.6 Å². The number of rotatable bonds is 13. The molecule has 0 bridgehead atoms. The van der Waals surface area contributed by atoms with Crippen LogP contribution in [0.25, 0.3) is 0 Å². The Morgan fingerprint density at radius 3 is 2.12 bits per heavy atom. The fraction of sp³-hybridized carbons (Fsp3) is 0.333. The molecule has 3 aromatic rings. The minimum absolute atomic E-state index is 0.0151. The van der Waals surface area contributed by atoms with E-state index in [9.17, 15) is 18.0 Å². The topological polar surface area (TPSA) is 86.8 Å². The van der Waals surface area contributed by atoms with E-state index in [1.807, 2.05) is 44.2 Å². The van der Waals surface area contributed by atoms with Crippen LogP contribution < -0.4 is 9.62 Å². The number of benzene rings is 3. The van der Waals surface area contributed by atoms with Crippen LogP contribution in [0.15, 0.2) is 72.8 Å². The van der Waals surface area contributed by atoms with Crippen molar-refractivity contribution in [1.82, 2.24) is 10.2 Å². The summed E-state index contributed by atoms with van der Waals surface area (Å²) in [5.74, 6) is -0.573. The van der Waals surface area contributed by atoms with E-state index in [2.05, 4.69) is 5.32 Å². The zero-order valence-corrected chi connectivity index (χ0v) is 26.3. The lowest BCUT2D eigenvalue weighted by Gasteiger charge is -2.32. The highest BCUT2D eigenvalue weighted by atomic mass is 35.5. The number of carbonyl (C=O) groups is 2. The van der Waals surface area contributed by atoms with Gasteiger partial charge in [0.1, 0.15) is 6.04 Å². The number of amides is 2. The van der Waals surface area contributed by atoms with Crippen molar-refractivity contribution in [3.63, 3.8) is 0 Å². The van der Waals surface area contributed by atoms with Gasteiger partial charge in [0.05, 0.1) is 22.0 Å². The molecule has 0 spiro atoms. The molecule has 11 heteroatoms. The van der Waals surface area contributed by atoms with Crippen molar-refractivity contribution in [2.45, 2.75) is 51.7 Å². The number of halogens is 3. The fourth-order valence-corrected chi connectivity index (χ4v) is 5.79. The summed E-state index contributed by atoms with van der Waals surface area (Å²) >= 11 is 18.3. The van der Waals surface area contributed by atoms with E-state index in [4.69, 9.17) is 34.8 Å². The van der Waals surface area contributed by atoms with Crippen LogP contribution in [0.4, 0.5) is 5.69 Å². The molecule has 7 nitrogen and oxygen atoms in total. The summed E-state index contributed by atoms with van der Waals surface area (Å²) < 4.78 is 26.3. The summed E-state index contributed by atoms with van der Waals surface area (Å²) in [6.07, 6.45) is 1.66. The Labute approximate surface area is 257 Å². The van der Waals surface area contributed by atoms with Crippen molar-refractivity contribution in [3.8, 4) is 0 Å². The van der Waals surface area contributed by atoms with E-state index in [0.717, 1.165) is 11.8 Å². The molecule has 220 valence electrons. The van der Waals surface area contributed by atoms with Gasteiger partial charge in [0, 0.05) is 37.0 Å². The summed E-state index contributed by atoms with van der Waals surface area (Å²) in [4.78, 5) is 28.9. The Kier molecular flexibility index (Phi) is 11.9. The molecule has 0 radical (unpaired) electrons. The highest BCUT2D eigenvalue weighted by Crippen LogP contribution is 2.25. The van der Waals surface area contributed by atoms with Gasteiger partial charge in [-0.05, 0) is 67.8 Å². The van der Waals surface area contributed by atoms with Crippen LogP contribution in [0.2, 0.25) is 15.1 Å². The van der Waals surface area contributed by atoms with Crippen molar-refractivity contribution in [2.75, 3.05) is 17.1 Å². The third kappa shape index (κ3) is 9.92. The number of nitrogens with zero attached hydrogens (tertiary/aromatic N) is 2. The molecule has 0 heterocycles. The Morgan fingerprint density at radius 1 is 0.878 bits per heavy atom. The molecule has 0 fully saturated rings. The van der Waals surface area contributed by atoms with Gasteiger partial charge in [0.2, 0.25) is 21.8 Å². The van der Waals surface area contributed by atoms with Crippen molar-refractivity contribution in [2.24, 2.45) is 0 Å². The first-order chi connectivity index (χ1) is 19.3. The number of hydrogen-bond donors (Lipinski definition) is 1.